The second kappa shape index (κ2) is 8.28. The quantitative estimate of drug-likeness (QED) is 0.583. The second-order valence-electron chi connectivity index (χ2n) is 5.62. The maximum absolute atomic E-state index is 12.4. The van der Waals surface area contributed by atoms with Gasteiger partial charge in [0.15, 0.2) is 15.0 Å². The van der Waals surface area contributed by atoms with E-state index < -0.39 is 9.84 Å². The number of para-hydroxylation sites is 1. The number of thiazole rings is 1. The van der Waals surface area contributed by atoms with Crippen LogP contribution in [0.25, 0.3) is 10.2 Å². The van der Waals surface area contributed by atoms with Crippen LogP contribution in [0.5, 0.6) is 5.75 Å². The molecule has 142 valence electrons. The molecule has 3 aromatic rings. The largest absolute Gasteiger partial charge is 0.497 e. The van der Waals surface area contributed by atoms with Crippen LogP contribution < -0.4 is 10.1 Å². The molecule has 0 aliphatic carbocycles. The zero-order valence-electron chi connectivity index (χ0n) is 14.8. The second-order valence-corrected chi connectivity index (χ2v) is 9.61. The Bertz CT molecular complexity index is 1060. The van der Waals surface area contributed by atoms with Gasteiger partial charge in [-0.1, -0.05) is 17.4 Å². The Labute approximate surface area is 165 Å². The van der Waals surface area contributed by atoms with E-state index in [2.05, 4.69) is 10.3 Å². The molecule has 1 amide bonds. The van der Waals surface area contributed by atoms with Crippen LogP contribution in [0, 0.1) is 0 Å². The van der Waals surface area contributed by atoms with Crippen LogP contribution in [0.2, 0.25) is 0 Å². The number of thioether (sulfide) groups is 1. The lowest BCUT2D eigenvalue weighted by atomic mass is 10.3. The number of sulfone groups is 1. The minimum Gasteiger partial charge on any atom is -0.497 e. The number of fused-ring (bicyclic) bond motifs is 1. The van der Waals surface area contributed by atoms with E-state index in [0.717, 1.165) is 15.1 Å². The lowest BCUT2D eigenvalue weighted by Gasteiger charge is -2.06. The van der Waals surface area contributed by atoms with E-state index in [1.165, 1.54) is 30.6 Å². The van der Waals surface area contributed by atoms with Gasteiger partial charge in [0.2, 0.25) is 5.91 Å². The van der Waals surface area contributed by atoms with Crippen LogP contribution >= 0.6 is 23.1 Å². The number of amides is 1. The van der Waals surface area contributed by atoms with Crippen molar-refractivity contribution >= 4 is 54.2 Å². The fourth-order valence-corrected chi connectivity index (χ4v) is 5.23. The number of ether oxygens (including phenoxy) is 1. The number of hydrogen-bond donors (Lipinski definition) is 1. The van der Waals surface area contributed by atoms with Crippen LogP contribution in [-0.2, 0) is 14.6 Å². The third kappa shape index (κ3) is 4.60. The van der Waals surface area contributed by atoms with E-state index in [0.29, 0.717) is 10.9 Å². The SMILES string of the molecule is COc1ccc(S(=O)(=O)CCC(=O)Nc2nc3c(SC)cccc3s2)cc1. The van der Waals surface area contributed by atoms with Crippen LogP contribution in [0.4, 0.5) is 5.13 Å². The summed E-state index contributed by atoms with van der Waals surface area (Å²) in [6.45, 7) is 0. The molecule has 0 aliphatic heterocycles. The number of anilines is 1. The van der Waals surface area contributed by atoms with Crippen LogP contribution in [0.1, 0.15) is 6.42 Å². The van der Waals surface area contributed by atoms with Crippen molar-refractivity contribution < 1.29 is 17.9 Å². The van der Waals surface area contributed by atoms with Crippen molar-refractivity contribution in [1.29, 1.82) is 0 Å². The highest BCUT2D eigenvalue weighted by Crippen LogP contribution is 2.32. The van der Waals surface area contributed by atoms with Crippen molar-refractivity contribution in [3.05, 3.63) is 42.5 Å². The first kappa shape index (κ1) is 19.7. The lowest BCUT2D eigenvalue weighted by molar-refractivity contribution is -0.115. The standard InChI is InChI=1S/C18H18N2O4S3/c1-24-12-6-8-13(9-7-12)27(22,23)11-10-16(21)19-18-20-17-14(25-2)4-3-5-15(17)26-18/h3-9H,10-11H2,1-2H3,(H,19,20,21). The number of nitrogens with one attached hydrogen (secondary N) is 1. The number of hydrogen-bond acceptors (Lipinski definition) is 7. The van der Waals surface area contributed by atoms with Gasteiger partial charge in [0, 0.05) is 11.3 Å². The highest BCUT2D eigenvalue weighted by atomic mass is 32.2. The molecule has 0 bridgehead atoms. The van der Waals surface area contributed by atoms with Gasteiger partial charge in [-0.05, 0) is 42.7 Å². The number of carbonyl (C=O) groups excluding carboxylic acids is 1. The summed E-state index contributed by atoms with van der Waals surface area (Å²) in [7, 11) is -2.03. The molecule has 0 atom stereocenters. The van der Waals surface area contributed by atoms with Crippen molar-refractivity contribution in [2.75, 3.05) is 24.4 Å². The summed E-state index contributed by atoms with van der Waals surface area (Å²) in [6, 6.07) is 12.0. The first-order valence-electron chi connectivity index (χ1n) is 8.03. The van der Waals surface area contributed by atoms with Gasteiger partial charge in [-0.15, -0.1) is 11.8 Å². The molecule has 2 aromatic carbocycles. The number of rotatable bonds is 7. The highest BCUT2D eigenvalue weighted by Gasteiger charge is 2.17. The van der Waals surface area contributed by atoms with E-state index in [4.69, 9.17) is 4.74 Å². The molecule has 1 aromatic heterocycles. The van der Waals surface area contributed by atoms with Crippen molar-refractivity contribution in [2.45, 2.75) is 16.2 Å². The molecule has 0 saturated carbocycles. The van der Waals surface area contributed by atoms with Crippen LogP contribution in [0.3, 0.4) is 0 Å². The summed E-state index contributed by atoms with van der Waals surface area (Å²) in [5.74, 6) is -0.0736. The Kier molecular flexibility index (Phi) is 6.03. The highest BCUT2D eigenvalue weighted by molar-refractivity contribution is 7.98. The van der Waals surface area contributed by atoms with E-state index in [-0.39, 0.29) is 23.0 Å². The molecule has 0 spiro atoms. The summed E-state index contributed by atoms with van der Waals surface area (Å²) in [6.07, 6.45) is 1.83. The van der Waals surface area contributed by atoms with Crippen LogP contribution in [0.15, 0.2) is 52.3 Å². The summed E-state index contributed by atoms with van der Waals surface area (Å²) in [5.41, 5.74) is 0.844. The Hall–Kier alpha value is -2.10. The topological polar surface area (TPSA) is 85.4 Å². The first-order valence-corrected chi connectivity index (χ1v) is 11.7. The lowest BCUT2D eigenvalue weighted by Crippen LogP contribution is -2.17. The Balaban J connectivity index is 1.65. The van der Waals surface area contributed by atoms with Gasteiger partial charge in [0.05, 0.1) is 28.0 Å². The molecule has 9 heteroatoms. The predicted molar refractivity (Wildman–Crippen MR) is 110 cm³/mol. The number of carbonyl (C=O) groups is 1. The molecule has 3 rings (SSSR count). The third-order valence-corrected chi connectivity index (χ3v) is 7.30. The fraction of sp³-hybridized carbons (Fsp3) is 0.222. The van der Waals surface area contributed by atoms with Gasteiger partial charge in [0.1, 0.15) is 5.75 Å². The minimum atomic E-state index is -3.54. The fourth-order valence-electron chi connectivity index (χ4n) is 2.45. The summed E-state index contributed by atoms with van der Waals surface area (Å²) < 4.78 is 30.7. The summed E-state index contributed by atoms with van der Waals surface area (Å²) >= 11 is 2.96. The normalized spacial score (nSPS) is 11.5. The molecule has 1 heterocycles. The number of aromatic nitrogens is 1. The smallest absolute Gasteiger partial charge is 0.227 e. The van der Waals surface area contributed by atoms with Gasteiger partial charge < -0.3 is 10.1 Å². The summed E-state index contributed by atoms with van der Waals surface area (Å²) in [5, 5.41) is 3.17. The predicted octanol–water partition coefficient (Wildman–Crippen LogP) is 3.83. The third-order valence-electron chi connectivity index (χ3n) is 3.86. The molecular weight excluding hydrogens is 404 g/mol. The van der Waals surface area contributed by atoms with Gasteiger partial charge in [0.25, 0.3) is 0 Å². The Morgan fingerprint density at radius 3 is 2.63 bits per heavy atom. The average molecular weight is 423 g/mol. The zero-order valence-corrected chi connectivity index (χ0v) is 17.2. The molecule has 0 unspecified atom stereocenters. The monoisotopic (exact) mass is 422 g/mol. The number of nitrogens with zero attached hydrogens (tertiary/aromatic N) is 1. The molecular formula is C18H18N2O4S3. The molecule has 0 fully saturated rings. The van der Waals surface area contributed by atoms with Crippen LogP contribution in [-0.4, -0.2) is 38.4 Å². The summed E-state index contributed by atoms with van der Waals surface area (Å²) in [4.78, 5) is 17.8. The molecule has 0 radical (unpaired) electrons. The minimum absolute atomic E-state index is 0.139. The van der Waals surface area contributed by atoms with Gasteiger partial charge in [-0.25, -0.2) is 13.4 Å². The van der Waals surface area contributed by atoms with Crippen molar-refractivity contribution in [3.8, 4) is 5.75 Å². The zero-order chi connectivity index (χ0) is 19.4. The first-order chi connectivity index (χ1) is 12.9. The van der Waals surface area contributed by atoms with E-state index >= 15 is 0 Å². The average Bonchev–Trinajstić information content (AvgIpc) is 3.08. The Morgan fingerprint density at radius 2 is 1.96 bits per heavy atom. The van der Waals surface area contributed by atoms with Crippen molar-refractivity contribution in [3.63, 3.8) is 0 Å². The van der Waals surface area contributed by atoms with Crippen molar-refractivity contribution in [1.82, 2.24) is 4.98 Å². The molecule has 27 heavy (non-hydrogen) atoms. The number of methoxy groups -OCH3 is 1. The molecule has 0 aliphatic rings. The maximum atomic E-state index is 12.4. The maximum Gasteiger partial charge on any atom is 0.227 e. The van der Waals surface area contributed by atoms with Gasteiger partial charge >= 0.3 is 0 Å². The molecule has 6 nitrogen and oxygen atoms in total. The van der Waals surface area contributed by atoms with E-state index in [1.807, 2.05) is 24.5 Å². The van der Waals surface area contributed by atoms with E-state index in [1.54, 1.807) is 23.9 Å². The molecule has 0 saturated heterocycles. The van der Waals surface area contributed by atoms with Gasteiger partial charge in [-0.2, -0.15) is 0 Å². The Morgan fingerprint density at radius 1 is 1.22 bits per heavy atom. The number of benzene rings is 2. The van der Waals surface area contributed by atoms with Gasteiger partial charge in [-0.3, -0.25) is 4.79 Å². The van der Waals surface area contributed by atoms with Crippen molar-refractivity contribution in [2.24, 2.45) is 0 Å². The molecule has 1 N–H and O–H groups in total. The van der Waals surface area contributed by atoms with E-state index in [9.17, 15) is 13.2 Å².